The molecule has 3 heterocycles. The Morgan fingerprint density at radius 1 is 1.33 bits per heavy atom. The predicted octanol–water partition coefficient (Wildman–Crippen LogP) is 4.48. The molecule has 1 aliphatic carbocycles. The molecule has 0 spiro atoms. The Labute approximate surface area is 213 Å². The number of hydrogen-bond acceptors (Lipinski definition) is 8. The summed E-state index contributed by atoms with van der Waals surface area (Å²) in [7, 11) is 1.93. The number of rotatable bonds is 6. The summed E-state index contributed by atoms with van der Waals surface area (Å²) in [5.41, 5.74) is -1.25. The Morgan fingerprint density at radius 2 is 2.14 bits per heavy atom. The Balaban J connectivity index is 1.31. The highest BCUT2D eigenvalue weighted by atomic mass is 32.2. The number of carbonyl (C=O) groups is 2. The first kappa shape index (κ1) is 24.8. The SMILES string of the molecule is CN1CC[C@H](Oc2ccc(N=C3NC(=O)C(=Cc4cnc(NC(=O)C5CC5)s4)S3)c(C(F)(F)F)c2)C1. The second-order valence-electron chi connectivity index (χ2n) is 8.78. The maximum atomic E-state index is 13.8. The zero-order chi connectivity index (χ0) is 25.4. The number of amides is 2. The van der Waals surface area contributed by atoms with Gasteiger partial charge in [0.15, 0.2) is 10.3 Å². The molecule has 2 amide bonds. The summed E-state index contributed by atoms with van der Waals surface area (Å²) in [5, 5.41) is 5.71. The highest BCUT2D eigenvalue weighted by molar-refractivity contribution is 8.18. The van der Waals surface area contributed by atoms with Crippen LogP contribution < -0.4 is 15.4 Å². The van der Waals surface area contributed by atoms with Crippen LogP contribution in [0.25, 0.3) is 6.08 Å². The molecular formula is C23H22F3N5O3S2. The van der Waals surface area contributed by atoms with E-state index in [9.17, 15) is 22.8 Å². The van der Waals surface area contributed by atoms with Crippen LogP contribution in [0.1, 0.15) is 29.7 Å². The average Bonchev–Trinajstić information content (AvgIpc) is 3.32. The topological polar surface area (TPSA) is 95.9 Å². The van der Waals surface area contributed by atoms with E-state index in [0.717, 1.165) is 43.6 Å². The molecule has 5 rings (SSSR count). The van der Waals surface area contributed by atoms with Crippen LogP contribution in [-0.2, 0) is 15.8 Å². The third kappa shape index (κ3) is 5.90. The van der Waals surface area contributed by atoms with E-state index in [1.807, 2.05) is 7.05 Å². The van der Waals surface area contributed by atoms with Crippen molar-refractivity contribution in [1.82, 2.24) is 15.2 Å². The molecule has 13 heteroatoms. The molecule has 0 unspecified atom stereocenters. The number of anilines is 1. The normalized spacial score (nSPS) is 22.9. The molecule has 2 saturated heterocycles. The van der Waals surface area contributed by atoms with Crippen molar-refractivity contribution in [2.24, 2.45) is 10.9 Å². The quantitative estimate of drug-likeness (QED) is 0.528. The zero-order valence-electron chi connectivity index (χ0n) is 19.1. The number of thioether (sulfide) groups is 1. The number of nitrogens with one attached hydrogen (secondary N) is 2. The van der Waals surface area contributed by atoms with E-state index in [1.165, 1.54) is 29.7 Å². The molecule has 2 N–H and O–H groups in total. The van der Waals surface area contributed by atoms with Crippen LogP contribution in [0.5, 0.6) is 5.75 Å². The predicted molar refractivity (Wildman–Crippen MR) is 132 cm³/mol. The number of carbonyl (C=O) groups excluding carboxylic acids is 2. The summed E-state index contributed by atoms with van der Waals surface area (Å²) >= 11 is 2.14. The average molecular weight is 538 g/mol. The Bertz CT molecular complexity index is 1260. The molecule has 1 aromatic heterocycles. The van der Waals surface area contributed by atoms with Gasteiger partial charge in [0.25, 0.3) is 5.91 Å². The fourth-order valence-corrected chi connectivity index (χ4v) is 5.44. The summed E-state index contributed by atoms with van der Waals surface area (Å²) in [6, 6.07) is 3.65. The van der Waals surface area contributed by atoms with Gasteiger partial charge < -0.3 is 20.3 Å². The van der Waals surface area contributed by atoms with Gasteiger partial charge in [0, 0.05) is 25.2 Å². The van der Waals surface area contributed by atoms with Crippen molar-refractivity contribution in [2.75, 3.05) is 25.5 Å². The van der Waals surface area contributed by atoms with Crippen LogP contribution in [0, 0.1) is 5.92 Å². The number of amidine groups is 1. The van der Waals surface area contributed by atoms with Gasteiger partial charge in [-0.05, 0) is 62.3 Å². The lowest BCUT2D eigenvalue weighted by Gasteiger charge is -2.16. The van der Waals surface area contributed by atoms with Gasteiger partial charge in [-0.1, -0.05) is 11.3 Å². The third-order valence-electron chi connectivity index (χ3n) is 5.77. The van der Waals surface area contributed by atoms with Crippen molar-refractivity contribution in [3.63, 3.8) is 0 Å². The van der Waals surface area contributed by atoms with E-state index in [4.69, 9.17) is 4.74 Å². The minimum absolute atomic E-state index is 0.0367. The van der Waals surface area contributed by atoms with Gasteiger partial charge in [0.05, 0.1) is 21.0 Å². The summed E-state index contributed by atoms with van der Waals surface area (Å²) in [4.78, 5) is 35.4. The van der Waals surface area contributed by atoms with Gasteiger partial charge in [-0.2, -0.15) is 13.2 Å². The van der Waals surface area contributed by atoms with Crippen molar-refractivity contribution < 1.29 is 27.5 Å². The number of likely N-dealkylation sites (tertiary alicyclic amines) is 1. The van der Waals surface area contributed by atoms with Crippen molar-refractivity contribution >= 4 is 57.0 Å². The van der Waals surface area contributed by atoms with Crippen molar-refractivity contribution in [2.45, 2.75) is 31.5 Å². The number of benzene rings is 1. The van der Waals surface area contributed by atoms with Crippen LogP contribution in [-0.4, -0.2) is 53.1 Å². The van der Waals surface area contributed by atoms with Gasteiger partial charge in [0.1, 0.15) is 11.9 Å². The van der Waals surface area contributed by atoms with Crippen molar-refractivity contribution in [1.29, 1.82) is 0 Å². The standard InChI is InChI=1S/C23H22F3N5O3S2/c1-31-7-6-14(11-31)34-13-4-5-17(16(8-13)23(24,25)26)28-22-30-20(33)18(36-22)9-15-10-27-21(35-15)29-19(32)12-2-3-12/h4-5,8-10,12,14H,2-3,6-7,11H2,1H3,(H,27,29,32)(H,28,30,33)/t14-/m0/s1. The summed E-state index contributed by atoms with van der Waals surface area (Å²) in [6.45, 7) is 1.48. The molecular weight excluding hydrogens is 515 g/mol. The van der Waals surface area contributed by atoms with Gasteiger partial charge >= 0.3 is 6.18 Å². The third-order valence-corrected chi connectivity index (χ3v) is 7.54. The second-order valence-corrected chi connectivity index (χ2v) is 10.9. The van der Waals surface area contributed by atoms with Crippen LogP contribution in [0.2, 0.25) is 0 Å². The number of alkyl halides is 3. The van der Waals surface area contributed by atoms with Crippen LogP contribution in [0.3, 0.4) is 0 Å². The Kier molecular flexibility index (Phi) is 6.79. The van der Waals surface area contributed by atoms with E-state index in [2.05, 4.69) is 25.5 Å². The molecule has 1 atom stereocenters. The minimum atomic E-state index is -4.65. The fourth-order valence-electron chi connectivity index (χ4n) is 3.78. The van der Waals surface area contributed by atoms with Crippen molar-refractivity contribution in [3.05, 3.63) is 39.7 Å². The molecule has 0 radical (unpaired) electrons. The lowest BCUT2D eigenvalue weighted by Crippen LogP contribution is -2.21. The van der Waals surface area contributed by atoms with Gasteiger partial charge in [-0.3, -0.25) is 9.59 Å². The summed E-state index contributed by atoms with van der Waals surface area (Å²) in [5.74, 6) is -0.379. The lowest BCUT2D eigenvalue weighted by molar-refractivity contribution is -0.137. The van der Waals surface area contributed by atoms with E-state index >= 15 is 0 Å². The molecule has 190 valence electrons. The molecule has 8 nitrogen and oxygen atoms in total. The van der Waals surface area contributed by atoms with Crippen LogP contribution in [0.15, 0.2) is 34.3 Å². The van der Waals surface area contributed by atoms with Crippen LogP contribution in [0.4, 0.5) is 24.0 Å². The number of halogens is 3. The fraction of sp³-hybridized carbons (Fsp3) is 0.391. The molecule has 1 saturated carbocycles. The molecule has 3 aliphatic rings. The number of ether oxygens (including phenoxy) is 1. The van der Waals surface area contributed by atoms with E-state index in [1.54, 1.807) is 6.08 Å². The number of aromatic nitrogens is 1. The number of nitrogens with zero attached hydrogens (tertiary/aromatic N) is 3. The van der Waals surface area contributed by atoms with Gasteiger partial charge in [0.2, 0.25) is 5.91 Å². The Hall–Kier alpha value is -2.90. The Morgan fingerprint density at radius 3 is 2.83 bits per heavy atom. The first-order valence-electron chi connectivity index (χ1n) is 11.3. The highest BCUT2D eigenvalue weighted by Crippen LogP contribution is 2.40. The van der Waals surface area contributed by atoms with E-state index in [0.29, 0.717) is 16.6 Å². The molecule has 1 aromatic carbocycles. The molecule has 36 heavy (non-hydrogen) atoms. The maximum Gasteiger partial charge on any atom is 0.418 e. The smallest absolute Gasteiger partial charge is 0.418 e. The molecule has 2 aromatic rings. The number of hydrogen-bond donors (Lipinski definition) is 2. The van der Waals surface area contributed by atoms with Gasteiger partial charge in [-0.25, -0.2) is 9.98 Å². The zero-order valence-corrected chi connectivity index (χ0v) is 20.7. The molecule has 0 bridgehead atoms. The monoisotopic (exact) mass is 537 g/mol. The van der Waals surface area contributed by atoms with E-state index < -0.39 is 17.6 Å². The minimum Gasteiger partial charge on any atom is -0.489 e. The first-order valence-corrected chi connectivity index (χ1v) is 12.9. The lowest BCUT2D eigenvalue weighted by atomic mass is 10.1. The van der Waals surface area contributed by atoms with Crippen LogP contribution >= 0.6 is 23.1 Å². The first-order chi connectivity index (χ1) is 17.1. The van der Waals surface area contributed by atoms with Crippen molar-refractivity contribution in [3.8, 4) is 5.75 Å². The summed E-state index contributed by atoms with van der Waals surface area (Å²) in [6.07, 6.45) is 0.752. The summed E-state index contributed by atoms with van der Waals surface area (Å²) < 4.78 is 47.1. The second kappa shape index (κ2) is 9.87. The van der Waals surface area contributed by atoms with E-state index in [-0.39, 0.29) is 39.4 Å². The molecule has 2 aliphatic heterocycles. The number of likely N-dealkylation sites (N-methyl/N-ethyl adjacent to an activating group) is 1. The maximum absolute atomic E-state index is 13.8. The number of thiazole rings is 1. The van der Waals surface area contributed by atoms with Gasteiger partial charge in [-0.15, -0.1) is 0 Å². The number of aliphatic imine (C=N–C) groups is 1. The molecule has 3 fully saturated rings. The largest absolute Gasteiger partial charge is 0.489 e. The highest BCUT2D eigenvalue weighted by Gasteiger charge is 2.35.